The minimum Gasteiger partial charge on any atom is -0.494 e. The molecule has 118 valence electrons. The van der Waals surface area contributed by atoms with Crippen LogP contribution in [0.1, 0.15) is 20.3 Å². The highest BCUT2D eigenvalue weighted by Crippen LogP contribution is 2.19. The van der Waals surface area contributed by atoms with Crippen molar-refractivity contribution >= 4 is 16.0 Å². The van der Waals surface area contributed by atoms with Crippen LogP contribution in [0.15, 0.2) is 29.2 Å². The lowest BCUT2D eigenvalue weighted by molar-refractivity contribution is -0.137. The van der Waals surface area contributed by atoms with Gasteiger partial charge in [-0.25, -0.2) is 8.42 Å². The molecule has 0 unspecified atom stereocenters. The van der Waals surface area contributed by atoms with Crippen molar-refractivity contribution in [2.24, 2.45) is 5.92 Å². The van der Waals surface area contributed by atoms with Crippen LogP contribution in [0, 0.1) is 5.92 Å². The summed E-state index contributed by atoms with van der Waals surface area (Å²) in [5, 5.41) is 8.65. The standard InChI is InChI=1S/C14H21NO5S/c1-11(2)8-9-20-12-4-6-13(7-5-12)21(18,19)15(3)10-14(16)17/h4-7,11H,8-10H2,1-3H3,(H,16,17). The molecule has 0 amide bonds. The molecule has 0 aliphatic rings. The fourth-order valence-corrected chi connectivity index (χ4v) is 2.70. The number of carbonyl (C=O) groups is 1. The van der Waals surface area contributed by atoms with E-state index in [1.807, 2.05) is 0 Å². The van der Waals surface area contributed by atoms with E-state index in [9.17, 15) is 13.2 Å². The average Bonchev–Trinajstić information content (AvgIpc) is 2.38. The molecular weight excluding hydrogens is 294 g/mol. The number of ether oxygens (including phenoxy) is 1. The molecule has 0 radical (unpaired) electrons. The van der Waals surface area contributed by atoms with Crippen molar-refractivity contribution in [1.82, 2.24) is 4.31 Å². The van der Waals surface area contributed by atoms with Crippen LogP contribution < -0.4 is 4.74 Å². The molecule has 1 aromatic rings. The van der Waals surface area contributed by atoms with Crippen LogP contribution in [0.4, 0.5) is 0 Å². The first kappa shape index (κ1) is 17.5. The number of nitrogens with zero attached hydrogens (tertiary/aromatic N) is 1. The van der Waals surface area contributed by atoms with Crippen LogP contribution in [0.25, 0.3) is 0 Å². The Morgan fingerprint density at radius 1 is 1.29 bits per heavy atom. The summed E-state index contributed by atoms with van der Waals surface area (Å²) >= 11 is 0. The van der Waals surface area contributed by atoms with E-state index in [2.05, 4.69) is 13.8 Å². The molecule has 1 rings (SSSR count). The van der Waals surface area contributed by atoms with Crippen molar-refractivity contribution in [2.45, 2.75) is 25.2 Å². The molecule has 0 aromatic heterocycles. The second kappa shape index (κ2) is 7.42. The molecule has 7 heteroatoms. The molecule has 6 nitrogen and oxygen atoms in total. The van der Waals surface area contributed by atoms with Crippen molar-refractivity contribution in [3.63, 3.8) is 0 Å². The second-order valence-electron chi connectivity index (χ2n) is 5.16. The lowest BCUT2D eigenvalue weighted by Gasteiger charge is -2.15. The van der Waals surface area contributed by atoms with E-state index in [0.29, 0.717) is 18.3 Å². The van der Waals surface area contributed by atoms with E-state index in [1.54, 1.807) is 12.1 Å². The zero-order chi connectivity index (χ0) is 16.0. The summed E-state index contributed by atoms with van der Waals surface area (Å²) in [5.74, 6) is -0.0699. The maximum atomic E-state index is 12.1. The van der Waals surface area contributed by atoms with Gasteiger partial charge in [-0.1, -0.05) is 13.8 Å². The first-order valence-corrected chi connectivity index (χ1v) is 8.08. The van der Waals surface area contributed by atoms with Crippen molar-refractivity contribution in [1.29, 1.82) is 0 Å². The highest BCUT2D eigenvalue weighted by molar-refractivity contribution is 7.89. The third-order valence-electron chi connectivity index (χ3n) is 2.85. The van der Waals surface area contributed by atoms with E-state index >= 15 is 0 Å². The molecule has 0 atom stereocenters. The van der Waals surface area contributed by atoms with Crippen LogP contribution in [-0.2, 0) is 14.8 Å². The Balaban J connectivity index is 2.74. The number of hydrogen-bond acceptors (Lipinski definition) is 4. The highest BCUT2D eigenvalue weighted by Gasteiger charge is 2.22. The van der Waals surface area contributed by atoms with Gasteiger partial charge in [0, 0.05) is 7.05 Å². The van der Waals surface area contributed by atoms with Crippen molar-refractivity contribution in [2.75, 3.05) is 20.2 Å². The summed E-state index contributed by atoms with van der Waals surface area (Å²) in [6.45, 7) is 4.19. The largest absolute Gasteiger partial charge is 0.494 e. The molecule has 0 aliphatic heterocycles. The van der Waals surface area contributed by atoms with Crippen LogP contribution in [0.5, 0.6) is 5.75 Å². The molecule has 0 fully saturated rings. The Kier molecular flexibility index (Phi) is 6.17. The van der Waals surface area contributed by atoms with E-state index < -0.39 is 22.5 Å². The molecule has 0 saturated heterocycles. The zero-order valence-corrected chi connectivity index (χ0v) is 13.3. The fraction of sp³-hybridized carbons (Fsp3) is 0.500. The Labute approximate surface area is 125 Å². The number of rotatable bonds is 8. The molecule has 0 heterocycles. The summed E-state index contributed by atoms with van der Waals surface area (Å²) in [7, 11) is -2.56. The number of hydrogen-bond donors (Lipinski definition) is 1. The second-order valence-corrected chi connectivity index (χ2v) is 7.20. The SMILES string of the molecule is CC(C)CCOc1ccc(S(=O)(=O)N(C)CC(=O)O)cc1. The van der Waals surface area contributed by atoms with Crippen molar-refractivity contribution in [3.05, 3.63) is 24.3 Å². The van der Waals surface area contributed by atoms with Gasteiger partial charge < -0.3 is 9.84 Å². The topological polar surface area (TPSA) is 83.9 Å². The normalized spacial score (nSPS) is 11.9. The summed E-state index contributed by atoms with van der Waals surface area (Å²) in [6, 6.07) is 5.97. The van der Waals surface area contributed by atoms with Gasteiger partial charge in [-0.2, -0.15) is 4.31 Å². The number of sulfonamides is 1. The zero-order valence-electron chi connectivity index (χ0n) is 12.4. The first-order chi connectivity index (χ1) is 9.73. The predicted octanol–water partition coefficient (Wildman–Crippen LogP) is 1.82. The average molecular weight is 315 g/mol. The van der Waals surface area contributed by atoms with Gasteiger partial charge in [0.1, 0.15) is 12.3 Å². The third-order valence-corrected chi connectivity index (χ3v) is 4.67. The monoisotopic (exact) mass is 315 g/mol. The summed E-state index contributed by atoms with van der Waals surface area (Å²) in [5.41, 5.74) is 0. The smallest absolute Gasteiger partial charge is 0.318 e. The Morgan fingerprint density at radius 2 is 1.86 bits per heavy atom. The molecule has 0 aliphatic carbocycles. The fourth-order valence-electron chi connectivity index (χ4n) is 1.58. The van der Waals surface area contributed by atoms with Gasteiger partial charge >= 0.3 is 5.97 Å². The van der Waals surface area contributed by atoms with Gasteiger partial charge in [0.15, 0.2) is 0 Å². The van der Waals surface area contributed by atoms with E-state index in [4.69, 9.17) is 9.84 Å². The molecular formula is C14H21NO5S. The Morgan fingerprint density at radius 3 is 2.33 bits per heavy atom. The first-order valence-electron chi connectivity index (χ1n) is 6.64. The van der Waals surface area contributed by atoms with Crippen molar-refractivity contribution < 1.29 is 23.1 Å². The van der Waals surface area contributed by atoms with E-state index in [0.717, 1.165) is 10.7 Å². The van der Waals surface area contributed by atoms with Gasteiger partial charge in [0.2, 0.25) is 10.0 Å². The van der Waals surface area contributed by atoms with Gasteiger partial charge in [0.05, 0.1) is 11.5 Å². The predicted molar refractivity (Wildman–Crippen MR) is 78.8 cm³/mol. The quantitative estimate of drug-likeness (QED) is 0.791. The number of likely N-dealkylation sites (N-methyl/N-ethyl adjacent to an activating group) is 1. The molecule has 21 heavy (non-hydrogen) atoms. The number of carboxylic acid groups (broad SMARTS) is 1. The van der Waals surface area contributed by atoms with Crippen molar-refractivity contribution in [3.8, 4) is 5.75 Å². The van der Waals surface area contributed by atoms with Crippen LogP contribution >= 0.6 is 0 Å². The lowest BCUT2D eigenvalue weighted by atomic mass is 10.1. The molecule has 1 aromatic carbocycles. The lowest BCUT2D eigenvalue weighted by Crippen LogP contribution is -2.31. The molecule has 0 spiro atoms. The van der Waals surface area contributed by atoms with Gasteiger partial charge in [-0.15, -0.1) is 0 Å². The maximum Gasteiger partial charge on any atom is 0.318 e. The Hall–Kier alpha value is -1.60. The molecule has 1 N–H and O–H groups in total. The summed E-state index contributed by atoms with van der Waals surface area (Å²) in [6.07, 6.45) is 0.918. The number of carboxylic acids is 1. The van der Waals surface area contributed by atoms with Gasteiger partial charge in [-0.05, 0) is 36.6 Å². The van der Waals surface area contributed by atoms with Crippen LogP contribution in [0.2, 0.25) is 0 Å². The summed E-state index contributed by atoms with van der Waals surface area (Å²) < 4.78 is 30.5. The maximum absolute atomic E-state index is 12.1. The molecule has 0 saturated carbocycles. The minimum absolute atomic E-state index is 0.0439. The van der Waals surface area contributed by atoms with Gasteiger partial charge in [-0.3, -0.25) is 4.79 Å². The Bertz CT molecular complexity index is 566. The number of aliphatic carboxylic acids is 1. The molecule has 0 bridgehead atoms. The minimum atomic E-state index is -3.79. The third kappa shape index (κ3) is 5.35. The van der Waals surface area contributed by atoms with Crippen LogP contribution in [-0.4, -0.2) is 44.0 Å². The highest BCUT2D eigenvalue weighted by atomic mass is 32.2. The van der Waals surface area contributed by atoms with Gasteiger partial charge in [0.25, 0.3) is 0 Å². The number of benzene rings is 1. The van der Waals surface area contributed by atoms with E-state index in [1.165, 1.54) is 19.2 Å². The van der Waals surface area contributed by atoms with E-state index in [-0.39, 0.29) is 4.90 Å². The van der Waals surface area contributed by atoms with Crippen LogP contribution in [0.3, 0.4) is 0 Å². The summed E-state index contributed by atoms with van der Waals surface area (Å²) in [4.78, 5) is 10.6.